The average molecular weight is 196 g/mol. The fourth-order valence-corrected chi connectivity index (χ4v) is 1.80. The first kappa shape index (κ1) is 8.51. The van der Waals surface area contributed by atoms with Crippen molar-refractivity contribution in [3.63, 3.8) is 0 Å². The fraction of sp³-hybridized carbons (Fsp3) is 0.333. The van der Waals surface area contributed by atoms with Gasteiger partial charge in [0.1, 0.15) is 11.5 Å². The predicted molar refractivity (Wildman–Crippen MR) is 52.1 cm³/mol. The van der Waals surface area contributed by atoms with Gasteiger partial charge in [-0.15, -0.1) is 0 Å². The first-order valence-electron chi connectivity index (χ1n) is 4.21. The molecule has 2 rings (SSSR count). The Balaban J connectivity index is 2.88. The van der Waals surface area contributed by atoms with Gasteiger partial charge in [0.2, 0.25) is 0 Å². The Morgan fingerprint density at radius 3 is 3.00 bits per heavy atom. The third-order valence-corrected chi connectivity index (χ3v) is 2.38. The highest BCUT2D eigenvalue weighted by molar-refractivity contribution is 6.30. The summed E-state index contributed by atoms with van der Waals surface area (Å²) in [6, 6.07) is 1.91. The average Bonchev–Trinajstić information content (AvgIpc) is 2.43. The molecule has 0 unspecified atom stereocenters. The summed E-state index contributed by atoms with van der Waals surface area (Å²) in [6.45, 7) is 4.09. The Kier molecular flexibility index (Phi) is 1.96. The second-order valence-corrected chi connectivity index (χ2v) is 3.36. The number of nitrogens with zero attached hydrogens (tertiary/aromatic N) is 3. The van der Waals surface area contributed by atoms with Crippen LogP contribution in [-0.2, 0) is 6.42 Å². The molecule has 0 saturated heterocycles. The van der Waals surface area contributed by atoms with Crippen molar-refractivity contribution in [2.24, 2.45) is 0 Å². The molecule has 2 aromatic rings. The van der Waals surface area contributed by atoms with E-state index in [1.54, 1.807) is 4.52 Å². The van der Waals surface area contributed by atoms with Crippen LogP contribution in [0.3, 0.4) is 0 Å². The van der Waals surface area contributed by atoms with E-state index in [9.17, 15) is 0 Å². The molecule has 0 aliphatic heterocycles. The summed E-state index contributed by atoms with van der Waals surface area (Å²) in [5.74, 6) is 0. The van der Waals surface area contributed by atoms with Crippen molar-refractivity contribution in [1.29, 1.82) is 0 Å². The molecule has 68 valence electrons. The van der Waals surface area contributed by atoms with E-state index < -0.39 is 0 Å². The van der Waals surface area contributed by atoms with Gasteiger partial charge in [0.25, 0.3) is 0 Å². The second-order valence-electron chi connectivity index (χ2n) is 2.97. The molecule has 0 atom stereocenters. The minimum absolute atomic E-state index is 0.643. The van der Waals surface area contributed by atoms with Crippen LogP contribution in [0.15, 0.2) is 12.4 Å². The van der Waals surface area contributed by atoms with Crippen molar-refractivity contribution in [3.05, 3.63) is 28.8 Å². The molecule has 0 N–H and O–H groups in total. The van der Waals surface area contributed by atoms with E-state index in [4.69, 9.17) is 11.6 Å². The van der Waals surface area contributed by atoms with Gasteiger partial charge in [-0.05, 0) is 25.0 Å². The predicted octanol–water partition coefficient (Wildman–Crippen LogP) is 2.25. The van der Waals surface area contributed by atoms with Crippen molar-refractivity contribution < 1.29 is 0 Å². The largest absolute Gasteiger partial charge is 0.237 e. The molecule has 0 aromatic carbocycles. The smallest absolute Gasteiger partial charge is 0.136 e. The number of hydrogen-bond acceptors (Lipinski definition) is 2. The maximum atomic E-state index is 5.98. The molecule has 0 aliphatic rings. The van der Waals surface area contributed by atoms with Gasteiger partial charge in [0.15, 0.2) is 0 Å². The van der Waals surface area contributed by atoms with Crippen molar-refractivity contribution in [3.8, 4) is 0 Å². The van der Waals surface area contributed by atoms with Crippen LogP contribution in [0.5, 0.6) is 0 Å². The van der Waals surface area contributed by atoms with Gasteiger partial charge in [-0.1, -0.05) is 18.5 Å². The van der Waals surface area contributed by atoms with Gasteiger partial charge < -0.3 is 0 Å². The van der Waals surface area contributed by atoms with Crippen LogP contribution in [0.1, 0.15) is 18.2 Å². The van der Waals surface area contributed by atoms with E-state index in [-0.39, 0.29) is 0 Å². The summed E-state index contributed by atoms with van der Waals surface area (Å²) in [5.41, 5.74) is 3.21. The summed E-state index contributed by atoms with van der Waals surface area (Å²) < 4.78 is 1.72. The summed E-state index contributed by atoms with van der Waals surface area (Å²) >= 11 is 5.98. The first-order chi connectivity index (χ1) is 6.24. The number of hydrogen-bond donors (Lipinski definition) is 0. The molecule has 2 aromatic heterocycles. The van der Waals surface area contributed by atoms with Gasteiger partial charge in [-0.2, -0.15) is 5.10 Å². The summed E-state index contributed by atoms with van der Waals surface area (Å²) in [7, 11) is 0. The molecular formula is C9H10ClN3. The lowest BCUT2D eigenvalue weighted by molar-refractivity contribution is 0.865. The third kappa shape index (κ3) is 1.20. The van der Waals surface area contributed by atoms with E-state index >= 15 is 0 Å². The lowest BCUT2D eigenvalue weighted by atomic mass is 10.2. The first-order valence-corrected chi connectivity index (χ1v) is 4.59. The molecule has 4 heteroatoms. The molecule has 0 spiro atoms. The molecule has 2 heterocycles. The van der Waals surface area contributed by atoms with E-state index in [0.717, 1.165) is 23.2 Å². The van der Waals surface area contributed by atoms with Crippen LogP contribution in [0.4, 0.5) is 0 Å². The Hall–Kier alpha value is -1.09. The number of fused-ring (bicyclic) bond motifs is 1. The fourth-order valence-electron chi connectivity index (χ4n) is 1.51. The van der Waals surface area contributed by atoms with Gasteiger partial charge in [0, 0.05) is 0 Å². The monoisotopic (exact) mass is 195 g/mol. The third-order valence-electron chi connectivity index (χ3n) is 2.11. The zero-order chi connectivity index (χ0) is 9.42. The SMILES string of the molecule is CCc1ncnn2c(Cl)cc(C)c12. The van der Waals surface area contributed by atoms with Gasteiger partial charge >= 0.3 is 0 Å². The summed E-state index contributed by atoms with van der Waals surface area (Å²) in [4.78, 5) is 4.21. The zero-order valence-corrected chi connectivity index (χ0v) is 8.34. The van der Waals surface area contributed by atoms with E-state index in [0.29, 0.717) is 5.15 Å². The molecule has 3 nitrogen and oxygen atoms in total. The van der Waals surface area contributed by atoms with E-state index in [1.165, 1.54) is 6.33 Å². The standard InChI is InChI=1S/C9H10ClN3/c1-3-7-9-6(2)4-8(10)13(9)12-5-11-7/h4-5H,3H2,1-2H3. The van der Waals surface area contributed by atoms with E-state index in [2.05, 4.69) is 17.0 Å². The van der Waals surface area contributed by atoms with Crippen LogP contribution < -0.4 is 0 Å². The van der Waals surface area contributed by atoms with Crippen molar-refractivity contribution in [2.45, 2.75) is 20.3 Å². The molecule has 0 amide bonds. The quantitative estimate of drug-likeness (QED) is 0.699. The number of aryl methyl sites for hydroxylation is 2. The number of halogens is 1. The molecule has 0 aliphatic carbocycles. The molecule has 0 saturated carbocycles. The Labute approximate surface area is 81.4 Å². The lowest BCUT2D eigenvalue weighted by Crippen LogP contribution is -1.98. The topological polar surface area (TPSA) is 30.2 Å². The Morgan fingerprint density at radius 1 is 1.54 bits per heavy atom. The minimum atomic E-state index is 0.643. The lowest BCUT2D eigenvalue weighted by Gasteiger charge is -2.00. The molecule has 0 fully saturated rings. The maximum absolute atomic E-state index is 5.98. The van der Waals surface area contributed by atoms with Crippen LogP contribution in [0.2, 0.25) is 5.15 Å². The van der Waals surface area contributed by atoms with Crippen LogP contribution in [0, 0.1) is 6.92 Å². The van der Waals surface area contributed by atoms with Crippen LogP contribution in [0.25, 0.3) is 5.52 Å². The summed E-state index contributed by atoms with van der Waals surface area (Å²) in [5, 5.41) is 4.73. The van der Waals surface area contributed by atoms with E-state index in [1.807, 2.05) is 13.0 Å². The highest BCUT2D eigenvalue weighted by atomic mass is 35.5. The van der Waals surface area contributed by atoms with Gasteiger partial charge in [-0.25, -0.2) is 9.50 Å². The van der Waals surface area contributed by atoms with Gasteiger partial charge in [0.05, 0.1) is 11.2 Å². The second kappa shape index (κ2) is 3.00. The highest BCUT2D eigenvalue weighted by Gasteiger charge is 2.08. The van der Waals surface area contributed by atoms with Crippen molar-refractivity contribution >= 4 is 17.1 Å². The van der Waals surface area contributed by atoms with Crippen LogP contribution >= 0.6 is 11.6 Å². The highest BCUT2D eigenvalue weighted by Crippen LogP contribution is 2.20. The summed E-state index contributed by atoms with van der Waals surface area (Å²) in [6.07, 6.45) is 2.43. The minimum Gasteiger partial charge on any atom is -0.237 e. The molecule has 13 heavy (non-hydrogen) atoms. The Bertz CT molecular complexity index is 447. The maximum Gasteiger partial charge on any atom is 0.136 e. The number of rotatable bonds is 1. The van der Waals surface area contributed by atoms with Gasteiger partial charge in [-0.3, -0.25) is 0 Å². The zero-order valence-electron chi connectivity index (χ0n) is 7.58. The molecule has 0 bridgehead atoms. The Morgan fingerprint density at radius 2 is 2.31 bits per heavy atom. The molecule has 0 radical (unpaired) electrons. The van der Waals surface area contributed by atoms with Crippen molar-refractivity contribution in [2.75, 3.05) is 0 Å². The van der Waals surface area contributed by atoms with Crippen molar-refractivity contribution in [1.82, 2.24) is 14.6 Å². The van der Waals surface area contributed by atoms with Crippen LogP contribution in [-0.4, -0.2) is 14.6 Å². The number of aromatic nitrogens is 3. The normalized spacial score (nSPS) is 11.0. The molecular weight excluding hydrogens is 186 g/mol.